The van der Waals surface area contributed by atoms with Gasteiger partial charge < -0.3 is 0 Å². The number of sulfonamides is 1. The first-order valence-corrected chi connectivity index (χ1v) is 8.00. The van der Waals surface area contributed by atoms with Crippen LogP contribution < -0.4 is 4.72 Å². The minimum absolute atomic E-state index is 0.0406. The van der Waals surface area contributed by atoms with Crippen molar-refractivity contribution in [3.63, 3.8) is 0 Å². The monoisotopic (exact) mass is 333 g/mol. The Kier molecular flexibility index (Phi) is 4.48. The topological polar surface area (TPSA) is 46.2 Å². The summed E-state index contributed by atoms with van der Waals surface area (Å²) in [6.45, 7) is 0. The van der Waals surface area contributed by atoms with Crippen molar-refractivity contribution in [2.75, 3.05) is 4.72 Å². The minimum Gasteiger partial charge on any atom is -0.280 e. The zero-order valence-electron chi connectivity index (χ0n) is 10.5. The Labute approximate surface area is 124 Å². The molecule has 0 aliphatic heterocycles. The van der Waals surface area contributed by atoms with E-state index in [1.807, 2.05) is 0 Å². The van der Waals surface area contributed by atoms with Crippen molar-refractivity contribution in [2.45, 2.75) is 15.3 Å². The van der Waals surface area contributed by atoms with Gasteiger partial charge in [0.25, 0.3) is 10.0 Å². The van der Waals surface area contributed by atoms with Crippen LogP contribution in [0.4, 0.5) is 18.9 Å². The van der Waals surface area contributed by atoms with Crippen LogP contribution in [0.5, 0.6) is 0 Å². The zero-order chi connectivity index (χ0) is 15.5. The maximum Gasteiger partial charge on any atom is 0.446 e. The molecule has 0 radical (unpaired) electrons. The fourth-order valence-corrected chi connectivity index (χ4v) is 3.24. The van der Waals surface area contributed by atoms with E-state index in [0.29, 0.717) is 0 Å². The van der Waals surface area contributed by atoms with Crippen LogP contribution in [0.15, 0.2) is 64.4 Å². The third-order valence-electron chi connectivity index (χ3n) is 2.37. The lowest BCUT2D eigenvalue weighted by Crippen LogP contribution is -2.12. The molecule has 3 nitrogen and oxygen atoms in total. The Hall–Kier alpha value is -1.67. The second kappa shape index (κ2) is 5.98. The number of nitrogens with one attached hydrogen (secondary N) is 1. The molecule has 0 aromatic heterocycles. The Morgan fingerprint density at radius 1 is 0.952 bits per heavy atom. The highest BCUT2D eigenvalue weighted by atomic mass is 32.2. The van der Waals surface area contributed by atoms with Crippen LogP contribution in [0.25, 0.3) is 0 Å². The van der Waals surface area contributed by atoms with Crippen molar-refractivity contribution in [3.8, 4) is 0 Å². The summed E-state index contributed by atoms with van der Waals surface area (Å²) in [6, 6.07) is 12.7. The normalized spacial score (nSPS) is 12.1. The van der Waals surface area contributed by atoms with Crippen LogP contribution >= 0.6 is 11.8 Å². The van der Waals surface area contributed by atoms with Gasteiger partial charge in [0.1, 0.15) is 0 Å². The summed E-state index contributed by atoms with van der Waals surface area (Å²) in [5, 5.41) is 0. The summed E-state index contributed by atoms with van der Waals surface area (Å²) < 4.78 is 63.3. The fraction of sp³-hybridized carbons (Fsp3) is 0.0769. The number of hydrogen-bond donors (Lipinski definition) is 1. The standard InChI is InChI=1S/C13H10F3NO2S2/c14-13(15,16)20-11-6-4-5-10(9-11)17-21(18,19)12-7-2-1-3-8-12/h1-9,17H. The second-order valence-corrected chi connectivity index (χ2v) is 6.82. The van der Waals surface area contributed by atoms with Gasteiger partial charge in [0.05, 0.1) is 4.90 Å². The van der Waals surface area contributed by atoms with E-state index in [-0.39, 0.29) is 27.2 Å². The molecule has 21 heavy (non-hydrogen) atoms. The Morgan fingerprint density at radius 3 is 2.24 bits per heavy atom. The molecule has 0 atom stereocenters. The molecule has 2 rings (SSSR count). The molecule has 0 bridgehead atoms. The largest absolute Gasteiger partial charge is 0.446 e. The van der Waals surface area contributed by atoms with E-state index in [4.69, 9.17) is 0 Å². The molecule has 0 amide bonds. The average Bonchev–Trinajstić information content (AvgIpc) is 2.37. The van der Waals surface area contributed by atoms with Crippen LogP contribution in [0, 0.1) is 0 Å². The number of benzene rings is 2. The van der Waals surface area contributed by atoms with Gasteiger partial charge >= 0.3 is 5.51 Å². The first-order chi connectivity index (χ1) is 9.76. The number of anilines is 1. The predicted octanol–water partition coefficient (Wildman–Crippen LogP) is 4.10. The molecule has 2 aromatic carbocycles. The Balaban J connectivity index is 2.22. The first kappa shape index (κ1) is 15.7. The summed E-state index contributed by atoms with van der Waals surface area (Å²) in [5.41, 5.74) is -4.34. The molecule has 0 aliphatic carbocycles. The molecule has 2 aromatic rings. The quantitative estimate of drug-likeness (QED) is 0.857. The number of alkyl halides is 3. The van der Waals surface area contributed by atoms with E-state index in [1.165, 1.54) is 30.3 Å². The molecule has 8 heteroatoms. The van der Waals surface area contributed by atoms with Crippen molar-refractivity contribution in [3.05, 3.63) is 54.6 Å². The summed E-state index contributed by atoms with van der Waals surface area (Å²) in [7, 11) is -3.81. The smallest absolute Gasteiger partial charge is 0.280 e. The molecule has 0 fully saturated rings. The molecule has 0 saturated carbocycles. The van der Waals surface area contributed by atoms with Gasteiger partial charge in [-0.15, -0.1) is 0 Å². The SMILES string of the molecule is O=S(=O)(Nc1cccc(SC(F)(F)F)c1)c1ccccc1. The van der Waals surface area contributed by atoms with Crippen molar-refractivity contribution in [1.82, 2.24) is 0 Å². The maximum absolute atomic E-state index is 12.3. The van der Waals surface area contributed by atoms with Crippen LogP contribution in [0.1, 0.15) is 0 Å². The van der Waals surface area contributed by atoms with Gasteiger partial charge in [0.15, 0.2) is 0 Å². The molecule has 1 N–H and O–H groups in total. The highest BCUT2D eigenvalue weighted by Crippen LogP contribution is 2.37. The van der Waals surface area contributed by atoms with Gasteiger partial charge in [-0.1, -0.05) is 24.3 Å². The van der Waals surface area contributed by atoms with Gasteiger partial charge in [-0.3, -0.25) is 4.72 Å². The highest BCUT2D eigenvalue weighted by Gasteiger charge is 2.29. The summed E-state index contributed by atoms with van der Waals surface area (Å²) in [4.78, 5) is -0.0466. The highest BCUT2D eigenvalue weighted by molar-refractivity contribution is 8.00. The van der Waals surface area contributed by atoms with Crippen LogP contribution in [0.3, 0.4) is 0 Å². The molecule has 0 unspecified atom stereocenters. The van der Waals surface area contributed by atoms with Crippen molar-refractivity contribution in [2.24, 2.45) is 0 Å². The van der Waals surface area contributed by atoms with Gasteiger partial charge in [-0.2, -0.15) is 13.2 Å². The lowest BCUT2D eigenvalue weighted by molar-refractivity contribution is -0.0328. The number of thioether (sulfide) groups is 1. The number of halogens is 3. The summed E-state index contributed by atoms with van der Waals surface area (Å²) >= 11 is -0.298. The van der Waals surface area contributed by atoms with E-state index in [0.717, 1.165) is 6.07 Å². The first-order valence-electron chi connectivity index (χ1n) is 5.70. The van der Waals surface area contributed by atoms with Crippen molar-refractivity contribution < 1.29 is 21.6 Å². The van der Waals surface area contributed by atoms with E-state index in [2.05, 4.69) is 4.72 Å². The van der Waals surface area contributed by atoms with Crippen LogP contribution in [-0.4, -0.2) is 13.9 Å². The van der Waals surface area contributed by atoms with E-state index < -0.39 is 15.5 Å². The molecular formula is C13H10F3NO2S2. The van der Waals surface area contributed by atoms with Crippen molar-refractivity contribution in [1.29, 1.82) is 0 Å². The fourth-order valence-electron chi connectivity index (χ4n) is 1.57. The lowest BCUT2D eigenvalue weighted by atomic mass is 10.3. The van der Waals surface area contributed by atoms with E-state index >= 15 is 0 Å². The van der Waals surface area contributed by atoms with Gasteiger partial charge in [0, 0.05) is 10.6 Å². The molecule has 0 saturated heterocycles. The molecule has 112 valence electrons. The number of hydrogen-bond acceptors (Lipinski definition) is 3. The Morgan fingerprint density at radius 2 is 1.62 bits per heavy atom. The van der Waals surface area contributed by atoms with Crippen LogP contribution in [-0.2, 0) is 10.0 Å². The molecular weight excluding hydrogens is 323 g/mol. The van der Waals surface area contributed by atoms with Gasteiger partial charge in [-0.25, -0.2) is 8.42 Å². The predicted molar refractivity (Wildman–Crippen MR) is 75.6 cm³/mol. The molecule has 0 heterocycles. The summed E-state index contributed by atoms with van der Waals surface area (Å²) in [5.74, 6) is 0. The van der Waals surface area contributed by atoms with Gasteiger partial charge in [-0.05, 0) is 42.1 Å². The number of rotatable bonds is 4. The van der Waals surface area contributed by atoms with Gasteiger partial charge in [0.2, 0.25) is 0 Å². The van der Waals surface area contributed by atoms with Crippen LogP contribution in [0.2, 0.25) is 0 Å². The zero-order valence-corrected chi connectivity index (χ0v) is 12.1. The molecule has 0 aliphatic rings. The summed E-state index contributed by atoms with van der Waals surface area (Å²) in [6.07, 6.45) is 0. The average molecular weight is 333 g/mol. The second-order valence-electron chi connectivity index (χ2n) is 3.99. The van der Waals surface area contributed by atoms with Crippen molar-refractivity contribution >= 4 is 27.5 Å². The maximum atomic E-state index is 12.3. The van der Waals surface area contributed by atoms with E-state index in [9.17, 15) is 21.6 Å². The van der Waals surface area contributed by atoms with E-state index in [1.54, 1.807) is 18.2 Å². The molecule has 0 spiro atoms. The Bertz CT molecular complexity index is 716. The lowest BCUT2D eigenvalue weighted by Gasteiger charge is -2.10. The minimum atomic E-state index is -4.42. The third kappa shape index (κ3) is 4.68. The third-order valence-corrected chi connectivity index (χ3v) is 4.49.